The smallest absolute Gasteiger partial charge is 0.315 e. The predicted molar refractivity (Wildman–Crippen MR) is 89.4 cm³/mol. The van der Waals surface area contributed by atoms with Gasteiger partial charge in [0.2, 0.25) is 0 Å². The summed E-state index contributed by atoms with van der Waals surface area (Å²) in [6, 6.07) is 18.9. The standard InChI is InChI=1S/C19H22N2O/c1-14-10-11-21(19(20)22)18(14)13-15-6-5-9-17(12-15)16-7-3-2-4-8-16/h2-9,12,14,18H,10-11,13H2,1H3,(H2,20,22). The number of carbonyl (C=O) groups excluding carboxylic acids is 1. The molecule has 114 valence electrons. The third-order valence-electron chi connectivity index (χ3n) is 4.64. The Bertz CT molecular complexity index is 653. The van der Waals surface area contributed by atoms with Crippen LogP contribution in [0.5, 0.6) is 0 Å². The molecule has 1 aliphatic rings. The van der Waals surface area contributed by atoms with Crippen LogP contribution in [-0.4, -0.2) is 23.5 Å². The number of likely N-dealkylation sites (tertiary alicyclic amines) is 1. The van der Waals surface area contributed by atoms with Gasteiger partial charge in [0, 0.05) is 12.6 Å². The van der Waals surface area contributed by atoms with E-state index in [1.54, 1.807) is 0 Å². The van der Waals surface area contributed by atoms with Crippen molar-refractivity contribution in [1.29, 1.82) is 0 Å². The molecule has 0 bridgehead atoms. The monoisotopic (exact) mass is 294 g/mol. The van der Waals surface area contributed by atoms with Crippen molar-refractivity contribution in [3.63, 3.8) is 0 Å². The number of nitrogens with two attached hydrogens (primary N) is 1. The lowest BCUT2D eigenvalue weighted by molar-refractivity contribution is 0.196. The van der Waals surface area contributed by atoms with Gasteiger partial charge < -0.3 is 10.6 Å². The van der Waals surface area contributed by atoms with Crippen molar-refractivity contribution >= 4 is 6.03 Å². The molecule has 0 radical (unpaired) electrons. The Kier molecular flexibility index (Phi) is 4.14. The number of urea groups is 1. The van der Waals surface area contributed by atoms with Crippen molar-refractivity contribution in [2.24, 2.45) is 11.7 Å². The van der Waals surface area contributed by atoms with E-state index in [0.29, 0.717) is 5.92 Å². The largest absolute Gasteiger partial charge is 0.351 e. The molecular weight excluding hydrogens is 272 g/mol. The molecule has 2 aromatic carbocycles. The van der Waals surface area contributed by atoms with Crippen LogP contribution < -0.4 is 5.73 Å². The molecule has 0 spiro atoms. The van der Waals surface area contributed by atoms with Crippen LogP contribution in [0.25, 0.3) is 11.1 Å². The molecule has 0 aliphatic carbocycles. The molecule has 22 heavy (non-hydrogen) atoms. The molecule has 2 N–H and O–H groups in total. The number of carbonyl (C=O) groups is 1. The summed E-state index contributed by atoms with van der Waals surface area (Å²) in [7, 11) is 0. The molecule has 1 heterocycles. The van der Waals surface area contributed by atoms with Gasteiger partial charge in [0.1, 0.15) is 0 Å². The van der Waals surface area contributed by atoms with Gasteiger partial charge in [0.15, 0.2) is 0 Å². The van der Waals surface area contributed by atoms with Crippen molar-refractivity contribution in [3.8, 4) is 11.1 Å². The molecule has 1 fully saturated rings. The summed E-state index contributed by atoms with van der Waals surface area (Å²) < 4.78 is 0. The second-order valence-electron chi connectivity index (χ2n) is 6.14. The molecule has 3 rings (SSSR count). The van der Waals surface area contributed by atoms with E-state index < -0.39 is 0 Å². The van der Waals surface area contributed by atoms with E-state index in [1.807, 2.05) is 11.0 Å². The number of hydrogen-bond acceptors (Lipinski definition) is 1. The molecule has 2 atom stereocenters. The van der Waals surface area contributed by atoms with Gasteiger partial charge in [-0.15, -0.1) is 0 Å². The van der Waals surface area contributed by atoms with Crippen LogP contribution in [-0.2, 0) is 6.42 Å². The van der Waals surface area contributed by atoms with Gasteiger partial charge in [0.25, 0.3) is 0 Å². The Balaban J connectivity index is 1.82. The summed E-state index contributed by atoms with van der Waals surface area (Å²) in [6.45, 7) is 2.98. The highest BCUT2D eigenvalue weighted by Crippen LogP contribution is 2.28. The Labute approximate surface area is 131 Å². The number of nitrogens with zero attached hydrogens (tertiary/aromatic N) is 1. The number of rotatable bonds is 3. The summed E-state index contributed by atoms with van der Waals surface area (Å²) in [5.41, 5.74) is 9.20. The van der Waals surface area contributed by atoms with Gasteiger partial charge >= 0.3 is 6.03 Å². The summed E-state index contributed by atoms with van der Waals surface area (Å²) in [4.78, 5) is 13.4. The number of amides is 2. The van der Waals surface area contributed by atoms with Crippen molar-refractivity contribution in [1.82, 2.24) is 4.90 Å². The zero-order chi connectivity index (χ0) is 15.5. The van der Waals surface area contributed by atoms with E-state index in [-0.39, 0.29) is 12.1 Å². The van der Waals surface area contributed by atoms with Crippen molar-refractivity contribution in [2.75, 3.05) is 6.54 Å². The number of benzene rings is 2. The first-order chi connectivity index (χ1) is 10.6. The third-order valence-corrected chi connectivity index (χ3v) is 4.64. The predicted octanol–water partition coefficient (Wildman–Crippen LogP) is 3.69. The lowest BCUT2D eigenvalue weighted by Gasteiger charge is -2.25. The van der Waals surface area contributed by atoms with Crippen LogP contribution in [0.2, 0.25) is 0 Å². The van der Waals surface area contributed by atoms with Gasteiger partial charge in [-0.2, -0.15) is 0 Å². The van der Waals surface area contributed by atoms with Crippen molar-refractivity contribution in [3.05, 3.63) is 60.2 Å². The van der Waals surface area contributed by atoms with E-state index in [0.717, 1.165) is 19.4 Å². The van der Waals surface area contributed by atoms with Crippen molar-refractivity contribution < 1.29 is 4.79 Å². The summed E-state index contributed by atoms with van der Waals surface area (Å²) >= 11 is 0. The summed E-state index contributed by atoms with van der Waals surface area (Å²) in [5.74, 6) is 0.493. The Morgan fingerprint density at radius 1 is 1.14 bits per heavy atom. The normalized spacial score (nSPS) is 21.0. The van der Waals surface area contributed by atoms with Gasteiger partial charge in [-0.05, 0) is 35.4 Å². The number of hydrogen-bond donors (Lipinski definition) is 1. The Morgan fingerprint density at radius 3 is 2.59 bits per heavy atom. The molecule has 0 aromatic heterocycles. The topological polar surface area (TPSA) is 46.3 Å². The van der Waals surface area contributed by atoms with Gasteiger partial charge in [-0.25, -0.2) is 4.79 Å². The van der Waals surface area contributed by atoms with Crippen LogP contribution in [0.1, 0.15) is 18.9 Å². The molecule has 2 amide bonds. The molecule has 3 heteroatoms. The molecule has 0 saturated carbocycles. The highest BCUT2D eigenvalue weighted by molar-refractivity contribution is 5.73. The van der Waals surface area contributed by atoms with Crippen LogP contribution in [0, 0.1) is 5.92 Å². The van der Waals surface area contributed by atoms with E-state index in [2.05, 4.69) is 55.5 Å². The molecule has 1 aliphatic heterocycles. The minimum absolute atomic E-state index is 0.212. The maximum Gasteiger partial charge on any atom is 0.315 e. The molecular formula is C19H22N2O. The van der Waals surface area contributed by atoms with E-state index in [1.165, 1.54) is 16.7 Å². The van der Waals surface area contributed by atoms with E-state index in [9.17, 15) is 4.79 Å². The average molecular weight is 294 g/mol. The lowest BCUT2D eigenvalue weighted by atomic mass is 9.94. The first kappa shape index (κ1) is 14.6. The fourth-order valence-corrected chi connectivity index (χ4v) is 3.34. The van der Waals surface area contributed by atoms with Gasteiger partial charge in [-0.1, -0.05) is 61.5 Å². The van der Waals surface area contributed by atoms with Gasteiger partial charge in [0.05, 0.1) is 0 Å². The molecule has 2 unspecified atom stereocenters. The van der Waals surface area contributed by atoms with Crippen LogP contribution in [0.15, 0.2) is 54.6 Å². The van der Waals surface area contributed by atoms with Crippen LogP contribution in [0.3, 0.4) is 0 Å². The molecule has 2 aromatic rings. The fraction of sp³-hybridized carbons (Fsp3) is 0.316. The Morgan fingerprint density at radius 2 is 1.86 bits per heavy atom. The summed E-state index contributed by atoms with van der Waals surface area (Å²) in [6.07, 6.45) is 1.90. The van der Waals surface area contributed by atoms with Crippen molar-refractivity contribution in [2.45, 2.75) is 25.8 Å². The van der Waals surface area contributed by atoms with E-state index >= 15 is 0 Å². The maximum atomic E-state index is 11.6. The number of primary amides is 1. The molecule has 3 nitrogen and oxygen atoms in total. The Hall–Kier alpha value is -2.29. The lowest BCUT2D eigenvalue weighted by Crippen LogP contribution is -2.42. The fourth-order valence-electron chi connectivity index (χ4n) is 3.34. The third kappa shape index (κ3) is 2.98. The minimum Gasteiger partial charge on any atom is -0.351 e. The maximum absolute atomic E-state index is 11.6. The minimum atomic E-state index is -0.298. The second-order valence-corrected chi connectivity index (χ2v) is 6.14. The van der Waals surface area contributed by atoms with Gasteiger partial charge in [-0.3, -0.25) is 0 Å². The SMILES string of the molecule is CC1CCN(C(N)=O)C1Cc1cccc(-c2ccccc2)c1. The van der Waals surface area contributed by atoms with E-state index in [4.69, 9.17) is 5.73 Å². The zero-order valence-electron chi connectivity index (χ0n) is 12.9. The first-order valence-corrected chi connectivity index (χ1v) is 7.85. The quantitative estimate of drug-likeness (QED) is 0.922. The molecule has 1 saturated heterocycles. The summed E-state index contributed by atoms with van der Waals surface area (Å²) in [5, 5.41) is 0. The average Bonchev–Trinajstić information content (AvgIpc) is 2.90. The highest BCUT2D eigenvalue weighted by atomic mass is 16.2. The van der Waals surface area contributed by atoms with Crippen LogP contribution >= 0.6 is 0 Å². The zero-order valence-corrected chi connectivity index (χ0v) is 12.9. The highest BCUT2D eigenvalue weighted by Gasteiger charge is 2.33. The van der Waals surface area contributed by atoms with Crippen LogP contribution in [0.4, 0.5) is 4.79 Å². The second kappa shape index (κ2) is 6.22. The first-order valence-electron chi connectivity index (χ1n) is 7.85.